The summed E-state index contributed by atoms with van der Waals surface area (Å²) in [5, 5.41) is 8.93. The molecule has 1 atom stereocenters. The average molecular weight is 457 g/mol. The molecule has 4 aromatic heterocycles. The lowest BCUT2D eigenvalue weighted by atomic mass is 10.0. The molecular formula is C25H21F2N7. The predicted octanol–water partition coefficient (Wildman–Crippen LogP) is 4.91. The molecule has 0 aliphatic carbocycles. The maximum absolute atomic E-state index is 14.5. The first-order chi connectivity index (χ1) is 16.6. The highest BCUT2D eigenvalue weighted by Crippen LogP contribution is 2.37. The van der Waals surface area contributed by atoms with Crippen molar-refractivity contribution < 1.29 is 8.78 Å². The molecule has 0 N–H and O–H groups in total. The third-order valence-electron chi connectivity index (χ3n) is 6.24. The number of pyridine rings is 1. The van der Waals surface area contributed by atoms with E-state index >= 15 is 0 Å². The molecule has 0 saturated carbocycles. The zero-order valence-electron chi connectivity index (χ0n) is 18.4. The summed E-state index contributed by atoms with van der Waals surface area (Å²) in [6.45, 7) is 2.71. The minimum absolute atomic E-state index is 0.276. The lowest BCUT2D eigenvalue weighted by molar-refractivity contribution is 0.560. The van der Waals surface area contributed by atoms with Crippen molar-refractivity contribution in [3.05, 3.63) is 90.3 Å². The highest BCUT2D eigenvalue weighted by atomic mass is 19.1. The third kappa shape index (κ3) is 3.49. The van der Waals surface area contributed by atoms with Gasteiger partial charge in [-0.15, -0.1) is 0 Å². The number of benzene rings is 1. The largest absolute Gasteiger partial charge is 0.349 e. The van der Waals surface area contributed by atoms with Gasteiger partial charge in [0.25, 0.3) is 0 Å². The molecular weight excluding hydrogens is 436 g/mol. The highest BCUT2D eigenvalue weighted by Gasteiger charge is 2.30. The molecule has 0 spiro atoms. The Morgan fingerprint density at radius 1 is 0.971 bits per heavy atom. The van der Waals surface area contributed by atoms with Crippen LogP contribution in [0.25, 0.3) is 22.5 Å². The number of fused-ring (bicyclic) bond motifs is 1. The normalized spacial score (nSPS) is 16.0. The first-order valence-electron chi connectivity index (χ1n) is 11.1. The van der Waals surface area contributed by atoms with Gasteiger partial charge in [-0.25, -0.2) is 23.0 Å². The van der Waals surface area contributed by atoms with Gasteiger partial charge in [0, 0.05) is 48.0 Å². The standard InChI is InChI=1S/C25H21F2N7/c1-16-9-17(12-28-11-16)18-13-29-34(15-18)23-14-30-33-8-6-24(31-25(23)33)32-7-2-3-22(32)20-10-19(26)4-5-21(20)27/h4-6,8-15,22H,2-3,7H2,1H3/t22-/m0/s1. The van der Waals surface area contributed by atoms with Crippen molar-refractivity contribution in [2.75, 3.05) is 11.4 Å². The van der Waals surface area contributed by atoms with Crippen molar-refractivity contribution in [2.24, 2.45) is 0 Å². The molecule has 1 aromatic carbocycles. The monoisotopic (exact) mass is 457 g/mol. The second kappa shape index (κ2) is 8.02. The summed E-state index contributed by atoms with van der Waals surface area (Å²) in [7, 11) is 0. The van der Waals surface area contributed by atoms with Crippen LogP contribution in [-0.2, 0) is 0 Å². The van der Waals surface area contributed by atoms with Gasteiger partial charge in [0.05, 0.1) is 18.4 Å². The molecule has 5 aromatic rings. The molecule has 0 unspecified atom stereocenters. The number of aryl methyl sites for hydroxylation is 1. The van der Waals surface area contributed by atoms with E-state index in [1.165, 1.54) is 12.1 Å². The van der Waals surface area contributed by atoms with Gasteiger partial charge in [-0.3, -0.25) is 4.98 Å². The van der Waals surface area contributed by atoms with Crippen LogP contribution in [0, 0.1) is 18.6 Å². The molecule has 6 rings (SSSR count). The van der Waals surface area contributed by atoms with E-state index in [4.69, 9.17) is 4.98 Å². The van der Waals surface area contributed by atoms with Crippen LogP contribution in [0.1, 0.15) is 30.0 Å². The Labute approximate surface area is 194 Å². The summed E-state index contributed by atoms with van der Waals surface area (Å²) in [5.41, 5.74) is 4.70. The molecule has 1 aliphatic heterocycles. The molecule has 0 bridgehead atoms. The molecule has 1 saturated heterocycles. The summed E-state index contributed by atoms with van der Waals surface area (Å²) in [6.07, 6.45) is 12.5. The van der Waals surface area contributed by atoms with Crippen LogP contribution in [0.3, 0.4) is 0 Å². The Balaban J connectivity index is 1.38. The fourth-order valence-corrected chi connectivity index (χ4v) is 4.62. The van der Waals surface area contributed by atoms with E-state index in [1.807, 2.05) is 36.5 Å². The molecule has 9 heteroatoms. The highest BCUT2D eigenvalue weighted by molar-refractivity contribution is 5.65. The molecule has 1 aliphatic rings. The van der Waals surface area contributed by atoms with Crippen LogP contribution < -0.4 is 4.90 Å². The Kier molecular flexibility index (Phi) is 4.83. The van der Waals surface area contributed by atoms with Gasteiger partial charge in [0.1, 0.15) is 23.1 Å². The summed E-state index contributed by atoms with van der Waals surface area (Å²) in [6, 6.07) is 7.25. The number of hydrogen-bond acceptors (Lipinski definition) is 5. The number of rotatable bonds is 4. The quantitative estimate of drug-likeness (QED) is 0.384. The maximum atomic E-state index is 14.5. The van der Waals surface area contributed by atoms with Crippen molar-refractivity contribution in [3.8, 4) is 16.8 Å². The molecule has 5 heterocycles. The molecule has 7 nitrogen and oxygen atoms in total. The third-order valence-corrected chi connectivity index (χ3v) is 6.24. The van der Waals surface area contributed by atoms with Crippen LogP contribution in [0.4, 0.5) is 14.6 Å². The smallest absolute Gasteiger partial charge is 0.183 e. The Morgan fingerprint density at radius 2 is 1.88 bits per heavy atom. The van der Waals surface area contributed by atoms with Crippen LogP contribution >= 0.6 is 0 Å². The van der Waals surface area contributed by atoms with Crippen LogP contribution in [0.2, 0.25) is 0 Å². The lowest BCUT2D eigenvalue weighted by Crippen LogP contribution is -2.24. The zero-order valence-corrected chi connectivity index (χ0v) is 18.4. The first kappa shape index (κ1) is 20.5. The Bertz CT molecular complexity index is 1510. The zero-order chi connectivity index (χ0) is 23.2. The molecule has 1 fully saturated rings. The van der Waals surface area contributed by atoms with E-state index in [2.05, 4.69) is 21.2 Å². The van der Waals surface area contributed by atoms with Gasteiger partial charge in [0.2, 0.25) is 0 Å². The van der Waals surface area contributed by atoms with Crippen LogP contribution in [0.5, 0.6) is 0 Å². The van der Waals surface area contributed by atoms with E-state index in [1.54, 1.807) is 27.8 Å². The van der Waals surface area contributed by atoms with Gasteiger partial charge in [0.15, 0.2) is 5.65 Å². The van der Waals surface area contributed by atoms with Crippen molar-refractivity contribution in [2.45, 2.75) is 25.8 Å². The number of nitrogens with zero attached hydrogens (tertiary/aromatic N) is 7. The van der Waals surface area contributed by atoms with E-state index < -0.39 is 11.6 Å². The topological polar surface area (TPSA) is 64.1 Å². The summed E-state index contributed by atoms with van der Waals surface area (Å²) >= 11 is 0. The SMILES string of the molecule is Cc1cncc(-c2cnn(-c3cnn4ccc(N5CCC[C@H]5c5cc(F)ccc5F)nc34)c2)c1. The maximum Gasteiger partial charge on any atom is 0.183 e. The van der Waals surface area contributed by atoms with Crippen molar-refractivity contribution in [1.29, 1.82) is 0 Å². The van der Waals surface area contributed by atoms with Gasteiger partial charge in [-0.05, 0) is 55.7 Å². The second-order valence-electron chi connectivity index (χ2n) is 8.53. The second-order valence-corrected chi connectivity index (χ2v) is 8.53. The van der Waals surface area contributed by atoms with E-state index in [0.29, 0.717) is 23.6 Å². The number of anilines is 1. The molecule has 34 heavy (non-hydrogen) atoms. The Hall–Kier alpha value is -4.14. The van der Waals surface area contributed by atoms with E-state index in [9.17, 15) is 8.78 Å². The number of hydrogen-bond donors (Lipinski definition) is 0. The van der Waals surface area contributed by atoms with Gasteiger partial charge in [-0.1, -0.05) is 0 Å². The number of halogens is 2. The Morgan fingerprint density at radius 3 is 2.76 bits per heavy atom. The van der Waals surface area contributed by atoms with Gasteiger partial charge in [-0.2, -0.15) is 10.2 Å². The lowest BCUT2D eigenvalue weighted by Gasteiger charge is -2.26. The van der Waals surface area contributed by atoms with Gasteiger partial charge >= 0.3 is 0 Å². The molecule has 0 radical (unpaired) electrons. The summed E-state index contributed by atoms with van der Waals surface area (Å²) < 4.78 is 31.8. The van der Waals surface area contributed by atoms with Gasteiger partial charge < -0.3 is 4.90 Å². The number of aromatic nitrogens is 6. The molecule has 0 amide bonds. The molecule has 170 valence electrons. The fraction of sp³-hybridized carbons (Fsp3) is 0.200. The van der Waals surface area contributed by atoms with Crippen LogP contribution in [0.15, 0.2) is 67.5 Å². The van der Waals surface area contributed by atoms with E-state index in [0.717, 1.165) is 41.3 Å². The summed E-state index contributed by atoms with van der Waals surface area (Å²) in [5.74, 6) is -0.155. The predicted molar refractivity (Wildman–Crippen MR) is 124 cm³/mol. The van der Waals surface area contributed by atoms with Crippen LogP contribution in [-0.4, -0.2) is 35.9 Å². The van der Waals surface area contributed by atoms with E-state index in [-0.39, 0.29) is 6.04 Å². The minimum Gasteiger partial charge on any atom is -0.349 e. The summed E-state index contributed by atoms with van der Waals surface area (Å²) in [4.78, 5) is 11.1. The first-order valence-corrected chi connectivity index (χ1v) is 11.1. The fourth-order valence-electron chi connectivity index (χ4n) is 4.62. The minimum atomic E-state index is -0.442. The van der Waals surface area contributed by atoms with Crippen molar-refractivity contribution >= 4 is 11.5 Å². The van der Waals surface area contributed by atoms with Crippen molar-refractivity contribution in [1.82, 2.24) is 29.4 Å². The van der Waals surface area contributed by atoms with Crippen molar-refractivity contribution in [3.63, 3.8) is 0 Å². The average Bonchev–Trinajstić information content (AvgIpc) is 3.59.